The van der Waals surface area contributed by atoms with Crippen LogP contribution in [0.25, 0.3) is 17.4 Å². The first kappa shape index (κ1) is 15.0. The van der Waals surface area contributed by atoms with Crippen LogP contribution in [-0.4, -0.2) is 11.8 Å². The monoisotopic (exact) mass is 330 g/mol. The lowest BCUT2D eigenvalue weighted by Gasteiger charge is -2.13. The average molecular weight is 330 g/mol. The Morgan fingerprint density at radius 3 is 2.24 bits per heavy atom. The number of para-hydroxylation sites is 1. The Morgan fingerprint density at radius 2 is 1.52 bits per heavy atom. The molecule has 122 valence electrons. The van der Waals surface area contributed by atoms with Crippen LogP contribution in [0.2, 0.25) is 0 Å². The van der Waals surface area contributed by atoms with Gasteiger partial charge in [-0.3, -0.25) is 15.0 Å². The van der Waals surface area contributed by atoms with Crippen molar-refractivity contribution in [2.45, 2.75) is 0 Å². The van der Waals surface area contributed by atoms with E-state index in [1.165, 1.54) is 11.1 Å². The Balaban J connectivity index is 1.63. The number of rotatable bonds is 3. The van der Waals surface area contributed by atoms with E-state index in [0.29, 0.717) is 17.2 Å². The van der Waals surface area contributed by atoms with Crippen molar-refractivity contribution < 1.29 is 14.0 Å². The van der Waals surface area contributed by atoms with Gasteiger partial charge < -0.3 is 4.42 Å². The van der Waals surface area contributed by atoms with Gasteiger partial charge in [-0.05, 0) is 30.3 Å². The van der Waals surface area contributed by atoms with Crippen LogP contribution in [0, 0.1) is 0 Å². The van der Waals surface area contributed by atoms with Gasteiger partial charge in [0.05, 0.1) is 5.69 Å². The third-order valence-corrected chi connectivity index (χ3v) is 3.88. The topological polar surface area (TPSA) is 62.6 Å². The molecule has 0 bridgehead atoms. The molecule has 25 heavy (non-hydrogen) atoms. The zero-order valence-corrected chi connectivity index (χ0v) is 13.2. The highest BCUT2D eigenvalue weighted by Gasteiger charge is 2.34. The molecular formula is C20H14N2O3. The lowest BCUT2D eigenvalue weighted by atomic mass is 10.2. The van der Waals surface area contributed by atoms with Crippen molar-refractivity contribution in [3.63, 3.8) is 0 Å². The van der Waals surface area contributed by atoms with Gasteiger partial charge in [0, 0.05) is 5.56 Å². The molecule has 2 heterocycles. The zero-order chi connectivity index (χ0) is 17.2. The summed E-state index contributed by atoms with van der Waals surface area (Å²) in [6.45, 7) is 0. The molecule has 0 unspecified atom stereocenters. The molecule has 1 aliphatic rings. The first-order chi connectivity index (χ1) is 12.2. The number of carbonyl (C=O) groups excluding carboxylic acids is 2. The van der Waals surface area contributed by atoms with Crippen LogP contribution in [-0.2, 0) is 9.59 Å². The molecule has 4 rings (SSSR count). The summed E-state index contributed by atoms with van der Waals surface area (Å²) in [5.74, 6) is 0.269. The number of hydrogen-bond acceptors (Lipinski definition) is 3. The van der Waals surface area contributed by atoms with Crippen molar-refractivity contribution in [3.8, 4) is 11.3 Å². The minimum Gasteiger partial charge on any atom is -0.457 e. The van der Waals surface area contributed by atoms with Crippen molar-refractivity contribution in [1.29, 1.82) is 0 Å². The van der Waals surface area contributed by atoms with Gasteiger partial charge in [-0.2, -0.15) is 0 Å². The summed E-state index contributed by atoms with van der Waals surface area (Å²) in [7, 11) is 0. The highest BCUT2D eigenvalue weighted by atomic mass is 16.3. The summed E-state index contributed by atoms with van der Waals surface area (Å²) < 4.78 is 5.74. The number of nitrogens with one attached hydrogen (secondary N) is 1. The second-order valence-electron chi connectivity index (χ2n) is 5.54. The fourth-order valence-electron chi connectivity index (χ4n) is 2.65. The summed E-state index contributed by atoms with van der Waals surface area (Å²) in [5, 5.41) is 1.23. The van der Waals surface area contributed by atoms with Gasteiger partial charge in [0.1, 0.15) is 17.1 Å². The van der Waals surface area contributed by atoms with E-state index in [1.54, 1.807) is 30.3 Å². The van der Waals surface area contributed by atoms with Crippen LogP contribution in [0.1, 0.15) is 5.76 Å². The van der Waals surface area contributed by atoms with Crippen LogP contribution in [0.4, 0.5) is 5.69 Å². The molecule has 1 saturated heterocycles. The number of hydrazine groups is 1. The Morgan fingerprint density at radius 1 is 0.840 bits per heavy atom. The van der Waals surface area contributed by atoms with Gasteiger partial charge in [-0.25, -0.2) is 5.01 Å². The maximum Gasteiger partial charge on any atom is 0.282 e. The minimum atomic E-state index is -0.452. The number of furan rings is 1. The molecule has 1 fully saturated rings. The molecule has 3 aromatic rings. The Hall–Kier alpha value is -3.60. The van der Waals surface area contributed by atoms with Crippen LogP contribution in [0.3, 0.4) is 0 Å². The molecular weight excluding hydrogens is 316 g/mol. The SMILES string of the molecule is O=C1NN(c2ccccc2)C(=O)C1=Cc1ccc(-c2ccccc2)o1. The van der Waals surface area contributed by atoms with Crippen LogP contribution in [0.5, 0.6) is 0 Å². The van der Waals surface area contributed by atoms with E-state index < -0.39 is 11.8 Å². The maximum atomic E-state index is 12.5. The second kappa shape index (κ2) is 6.13. The maximum absolute atomic E-state index is 12.5. The molecule has 0 aliphatic carbocycles. The van der Waals surface area contributed by atoms with Crippen molar-refractivity contribution in [2.24, 2.45) is 0 Å². The van der Waals surface area contributed by atoms with Gasteiger partial charge in [-0.15, -0.1) is 0 Å². The van der Waals surface area contributed by atoms with Gasteiger partial charge >= 0.3 is 0 Å². The molecule has 5 nitrogen and oxygen atoms in total. The van der Waals surface area contributed by atoms with Gasteiger partial charge in [0.15, 0.2) is 0 Å². The predicted octanol–water partition coefficient (Wildman–Crippen LogP) is 3.41. The summed E-state index contributed by atoms with van der Waals surface area (Å²) in [6, 6.07) is 22.1. The number of benzene rings is 2. The van der Waals surface area contributed by atoms with E-state index in [-0.39, 0.29) is 5.57 Å². The van der Waals surface area contributed by atoms with E-state index in [1.807, 2.05) is 42.5 Å². The molecule has 1 aliphatic heterocycles. The molecule has 2 amide bonds. The molecule has 5 heteroatoms. The molecule has 0 radical (unpaired) electrons. The van der Waals surface area contributed by atoms with Crippen LogP contribution < -0.4 is 10.4 Å². The van der Waals surface area contributed by atoms with E-state index in [9.17, 15) is 9.59 Å². The van der Waals surface area contributed by atoms with E-state index >= 15 is 0 Å². The van der Waals surface area contributed by atoms with E-state index in [2.05, 4.69) is 5.43 Å². The van der Waals surface area contributed by atoms with Crippen molar-refractivity contribution in [1.82, 2.24) is 5.43 Å². The summed E-state index contributed by atoms with van der Waals surface area (Å²) in [5.41, 5.74) is 4.14. The van der Waals surface area contributed by atoms with Crippen molar-refractivity contribution in [2.75, 3.05) is 5.01 Å². The molecule has 0 saturated carbocycles. The minimum absolute atomic E-state index is 0.0396. The van der Waals surface area contributed by atoms with Gasteiger partial charge in [0.25, 0.3) is 11.8 Å². The zero-order valence-electron chi connectivity index (χ0n) is 13.2. The van der Waals surface area contributed by atoms with Gasteiger partial charge in [-0.1, -0.05) is 48.5 Å². The van der Waals surface area contributed by atoms with Crippen molar-refractivity contribution >= 4 is 23.6 Å². The summed E-state index contributed by atoms with van der Waals surface area (Å²) >= 11 is 0. The second-order valence-corrected chi connectivity index (χ2v) is 5.54. The molecule has 1 aromatic heterocycles. The summed E-state index contributed by atoms with van der Waals surface area (Å²) in [4.78, 5) is 24.7. The molecule has 0 atom stereocenters. The van der Waals surface area contributed by atoms with Crippen LogP contribution in [0.15, 0.2) is 82.8 Å². The number of amides is 2. The van der Waals surface area contributed by atoms with Crippen LogP contribution >= 0.6 is 0 Å². The fraction of sp³-hybridized carbons (Fsp3) is 0. The molecule has 0 spiro atoms. The fourth-order valence-corrected chi connectivity index (χ4v) is 2.65. The first-order valence-electron chi connectivity index (χ1n) is 7.80. The molecule has 1 N–H and O–H groups in total. The normalized spacial score (nSPS) is 15.7. The quantitative estimate of drug-likeness (QED) is 0.591. The average Bonchev–Trinajstić information content (AvgIpc) is 3.23. The van der Waals surface area contributed by atoms with E-state index in [4.69, 9.17) is 4.42 Å². The number of anilines is 1. The summed E-state index contributed by atoms with van der Waals surface area (Å²) in [6.07, 6.45) is 1.47. The highest BCUT2D eigenvalue weighted by Crippen LogP contribution is 2.25. The number of carbonyl (C=O) groups is 2. The largest absolute Gasteiger partial charge is 0.457 e. The lowest BCUT2D eigenvalue weighted by molar-refractivity contribution is -0.117. The first-order valence-corrected chi connectivity index (χ1v) is 7.80. The van der Waals surface area contributed by atoms with Crippen molar-refractivity contribution in [3.05, 3.63) is 84.1 Å². The standard InChI is InChI=1S/C20H14N2O3/c23-19-17(20(24)22(21-19)15-9-5-2-6-10-15)13-16-11-12-18(25-16)14-7-3-1-4-8-14/h1-13H,(H,21,23). The molecule has 2 aromatic carbocycles. The third kappa shape index (κ3) is 2.83. The highest BCUT2D eigenvalue weighted by molar-refractivity contribution is 6.31. The number of hydrogen-bond donors (Lipinski definition) is 1. The lowest BCUT2D eigenvalue weighted by Crippen LogP contribution is -2.35. The Kier molecular flexibility index (Phi) is 3.67. The smallest absolute Gasteiger partial charge is 0.282 e. The van der Waals surface area contributed by atoms with Gasteiger partial charge in [0.2, 0.25) is 0 Å². The van der Waals surface area contributed by atoms with E-state index in [0.717, 1.165) is 5.56 Å². The number of nitrogens with zero attached hydrogens (tertiary/aromatic N) is 1. The Bertz CT molecular complexity index is 959. The predicted molar refractivity (Wildman–Crippen MR) is 94.2 cm³/mol. The third-order valence-electron chi connectivity index (χ3n) is 3.88. The Labute approximate surface area is 144 Å².